The largest absolute Gasteiger partial charge is 0.481 e. The van der Waals surface area contributed by atoms with Gasteiger partial charge in [-0.25, -0.2) is 57.3 Å². The number of nitrogens with zero attached hydrogens (tertiary/aromatic N) is 8. The Morgan fingerprint density at radius 2 is 0.952 bits per heavy atom. The molecule has 6 rings (SSSR count). The van der Waals surface area contributed by atoms with Crippen molar-refractivity contribution >= 4 is 145 Å². The van der Waals surface area contributed by atoms with E-state index in [9.17, 15) is 121 Å². The lowest BCUT2D eigenvalue weighted by molar-refractivity contribution is -0.138. The van der Waals surface area contributed by atoms with Gasteiger partial charge in [0.1, 0.15) is 72.5 Å². The molecule has 50 nitrogen and oxygen atoms in total. The number of carbonyl (C=O) groups excluding carboxylic acids is 6. The van der Waals surface area contributed by atoms with Gasteiger partial charge < -0.3 is 107 Å². The third kappa shape index (κ3) is 28.8. The number of aliphatic hydroxyl groups excluding tert-OH is 4. The zero-order valence-corrected chi connectivity index (χ0v) is 62.0. The van der Waals surface area contributed by atoms with E-state index in [2.05, 4.69) is 68.8 Å². The van der Waals surface area contributed by atoms with Crippen molar-refractivity contribution in [3.8, 4) is 0 Å². The van der Waals surface area contributed by atoms with E-state index >= 15 is 0 Å². The minimum atomic E-state index is -5.59. The molecule has 592 valence electrons. The highest BCUT2D eigenvalue weighted by Crippen LogP contribution is 2.63. The maximum absolute atomic E-state index is 12.6. The molecule has 21 N–H and O–H groups in total. The molecule has 2 saturated heterocycles. The molecular formula is C47H76N14O36P6S2. The highest BCUT2D eigenvalue weighted by atomic mass is 32.2. The molecule has 0 spiro atoms. The van der Waals surface area contributed by atoms with E-state index in [1.165, 1.54) is 27.7 Å². The minimum Gasteiger partial charge on any atom is -0.481 e. The second kappa shape index (κ2) is 38.8. The third-order valence-corrected chi connectivity index (χ3v) is 21.7. The molecule has 4 amide bonds. The SMILES string of the molecule is CC(C)(COP(=O)(O)OP(=O)(O)OC[C@H]1O[C@@H](n2cnc3c(N)ncnc32)[C@H](O)[C@@H]1OP(=O)(O)O)[C@@H](O)C(=O)NCCC(=O)NCCSC(=O)CCC(=O)O.CC(C)(COP(=O)(O)OP(=O)(O)OC[C@H]1O[C@@H](n2cnc3c(N)ncnc32)[C@H](O)[C@@H]1OP(=O)(O)O)[C@@H](O)C(=O)NCCC(=O)NCCSC=O. The highest BCUT2D eigenvalue weighted by Gasteiger charge is 2.53. The summed E-state index contributed by atoms with van der Waals surface area (Å²) in [6.07, 6.45) is -14.4. The second-order valence-electron chi connectivity index (χ2n) is 23.2. The van der Waals surface area contributed by atoms with Crippen molar-refractivity contribution in [1.82, 2.24) is 60.3 Å². The van der Waals surface area contributed by atoms with Crippen LogP contribution in [-0.2, 0) is 106 Å². The van der Waals surface area contributed by atoms with Crippen LogP contribution in [0.5, 0.6) is 0 Å². The van der Waals surface area contributed by atoms with E-state index in [0.717, 1.165) is 58.0 Å². The Morgan fingerprint density at radius 1 is 0.571 bits per heavy atom. The summed E-state index contributed by atoms with van der Waals surface area (Å²) in [4.78, 5) is 182. The van der Waals surface area contributed by atoms with Crippen molar-refractivity contribution in [2.75, 3.05) is 75.6 Å². The predicted octanol–water partition coefficient (Wildman–Crippen LogP) is -3.14. The zero-order chi connectivity index (χ0) is 78.8. The third-order valence-electron chi connectivity index (χ3n) is 14.0. The topological polar surface area (TPSA) is 765 Å². The number of amides is 4. The van der Waals surface area contributed by atoms with Gasteiger partial charge in [-0.1, -0.05) is 51.2 Å². The molecule has 2 aliphatic heterocycles. The molecule has 0 aromatic carbocycles. The van der Waals surface area contributed by atoms with Crippen LogP contribution in [0.4, 0.5) is 11.6 Å². The molecule has 0 radical (unpaired) electrons. The van der Waals surface area contributed by atoms with Crippen LogP contribution >= 0.6 is 70.5 Å². The van der Waals surface area contributed by atoms with Crippen LogP contribution in [0.25, 0.3) is 22.3 Å². The monoisotopic (exact) mass is 1660 g/mol. The number of phosphoric ester groups is 6. The molecule has 0 bridgehead atoms. The van der Waals surface area contributed by atoms with Gasteiger partial charge in [0.05, 0.1) is 45.5 Å². The number of nitrogens with two attached hydrogens (primary N) is 2. The van der Waals surface area contributed by atoms with Crippen LogP contribution in [0, 0.1) is 10.8 Å². The Hall–Kier alpha value is -5.41. The summed E-state index contributed by atoms with van der Waals surface area (Å²) in [6.45, 7) is 0.728. The smallest absolute Gasteiger partial charge is 0.481 e. The number of nitrogens with one attached hydrogen (secondary N) is 4. The van der Waals surface area contributed by atoms with Crippen LogP contribution in [-0.4, -0.2) is 257 Å². The number of phosphoric acid groups is 6. The van der Waals surface area contributed by atoms with E-state index in [1.54, 1.807) is 0 Å². The fourth-order valence-corrected chi connectivity index (χ4v) is 15.5. The number of aliphatic hydroxyl groups is 4. The number of aromatic nitrogens is 8. The van der Waals surface area contributed by atoms with E-state index in [4.69, 9.17) is 44.1 Å². The molecule has 2 aliphatic rings. The number of rotatable bonds is 42. The van der Waals surface area contributed by atoms with Crippen LogP contribution in [0.2, 0.25) is 0 Å². The molecule has 105 heavy (non-hydrogen) atoms. The molecule has 2 fully saturated rings. The Morgan fingerprint density at radius 3 is 1.32 bits per heavy atom. The summed E-state index contributed by atoms with van der Waals surface area (Å²) in [7, 11) is -32.8. The first kappa shape index (κ1) is 90.2. The van der Waals surface area contributed by atoms with Gasteiger partial charge >= 0.3 is 52.9 Å². The number of anilines is 2. The number of carbonyl (C=O) groups is 7. The molecule has 14 atom stereocenters. The van der Waals surface area contributed by atoms with Gasteiger partial charge in [-0.15, -0.1) is 0 Å². The van der Waals surface area contributed by atoms with Gasteiger partial charge in [0.15, 0.2) is 46.1 Å². The lowest BCUT2D eigenvalue weighted by Crippen LogP contribution is -2.46. The number of thioether (sulfide) groups is 2. The number of aliphatic carboxylic acids is 1. The number of ether oxygens (including phenoxy) is 2. The molecule has 4 aromatic rings. The number of fused-ring (bicyclic) bond motifs is 2. The molecule has 58 heteroatoms. The first-order valence-corrected chi connectivity index (χ1v) is 40.9. The van der Waals surface area contributed by atoms with Gasteiger partial charge in [0.25, 0.3) is 0 Å². The van der Waals surface area contributed by atoms with Crippen LogP contribution in [0.15, 0.2) is 25.3 Å². The molecular weight excluding hydrogens is 1590 g/mol. The van der Waals surface area contributed by atoms with Crippen molar-refractivity contribution in [1.29, 1.82) is 0 Å². The first-order valence-electron chi connectivity index (χ1n) is 29.8. The summed E-state index contributed by atoms with van der Waals surface area (Å²) in [5.41, 5.74) is 9.08. The number of hydrogen-bond donors (Lipinski definition) is 19. The van der Waals surface area contributed by atoms with Crippen molar-refractivity contribution in [2.45, 2.75) is 115 Å². The Kier molecular flexibility index (Phi) is 33.3. The van der Waals surface area contributed by atoms with E-state index in [-0.39, 0.29) is 96.7 Å². The molecule has 4 aromatic heterocycles. The van der Waals surface area contributed by atoms with Gasteiger partial charge in [0.2, 0.25) is 23.6 Å². The number of hydrogen-bond acceptors (Lipinski definition) is 37. The fourth-order valence-electron chi connectivity index (χ4n) is 8.81. The zero-order valence-electron chi connectivity index (χ0n) is 55.0. The Labute approximate surface area is 600 Å². The summed E-state index contributed by atoms with van der Waals surface area (Å²) < 4.78 is 124. The molecule has 0 aliphatic carbocycles. The number of carboxylic acids is 1. The average Bonchev–Trinajstić information content (AvgIpc) is 1.60. The van der Waals surface area contributed by atoms with E-state index in [1.807, 2.05) is 0 Å². The summed E-state index contributed by atoms with van der Waals surface area (Å²) in [5.74, 6) is -3.61. The van der Waals surface area contributed by atoms with Gasteiger partial charge in [-0.05, 0) is 0 Å². The first-order chi connectivity index (χ1) is 48.6. The van der Waals surface area contributed by atoms with Crippen LogP contribution in [0.1, 0.15) is 65.8 Å². The van der Waals surface area contributed by atoms with E-state index < -0.39 is 175 Å². The molecule has 6 heterocycles. The standard InChI is InChI=1S/C25H40N7O19P3S.C22H36N7O17P3S/c1-25(2,20(38)23(39)28-6-5-14(33)27-7-8-55-16(36)4-3-15(34)35)10-48-54(45,46)51-53(43,44)47-9-13-19(50-52(40,41)42)18(37)24(49-13)32-12-31-17-21(26)29-11-30-22(17)32;1-22(2,17(33)20(34)25-4-3-13(31)24-5-6-50-11-30)8-43-49(40,41)46-48(38,39)42-7-12-16(45-47(35,36)37)15(32)21(44-12)29-10-28-14-18(23)26-9-27-19(14)29/h11-13,18-20,24,37-38H,3-10H2,1-2H3,(H,27,33)(H,28,39)(H,34,35)(H,43,44)(H,45,46)(H2,26,29,30)(H2,40,41,42);9-12,15-17,21,32-33H,3-8H2,1-2H3,(H,24,31)(H,25,34)(H,38,39)(H,40,41)(H2,23,26,27)(H2,35,36,37)/t13-,18-,19-,20+,24-;12-,15-,16-,17+,21-/m11/s1. The Balaban J connectivity index is 0.000000379. The number of imidazole rings is 2. The number of nitrogen functional groups attached to an aromatic ring is 2. The van der Waals surface area contributed by atoms with Crippen LogP contribution < -0.4 is 32.7 Å². The summed E-state index contributed by atoms with van der Waals surface area (Å²) in [5, 5.41) is 60.5. The van der Waals surface area contributed by atoms with Crippen molar-refractivity contribution in [3.05, 3.63) is 25.3 Å². The lowest BCUT2D eigenvalue weighted by atomic mass is 9.87. The summed E-state index contributed by atoms with van der Waals surface area (Å²) >= 11 is 1.81. The van der Waals surface area contributed by atoms with E-state index in [0.29, 0.717) is 11.4 Å². The fraction of sp³-hybridized carbons (Fsp3) is 0.638. The van der Waals surface area contributed by atoms with Crippen molar-refractivity contribution in [3.63, 3.8) is 0 Å². The molecule has 4 unspecified atom stereocenters. The van der Waals surface area contributed by atoms with Gasteiger partial charge in [-0.3, -0.25) is 69.8 Å². The minimum absolute atomic E-state index is 0.0197. The predicted molar refractivity (Wildman–Crippen MR) is 353 cm³/mol. The number of carboxylic acid groups (broad SMARTS) is 1. The summed E-state index contributed by atoms with van der Waals surface area (Å²) in [6, 6.07) is 0. The highest BCUT2D eigenvalue weighted by molar-refractivity contribution is 8.13. The normalized spacial score (nSPS) is 22.2. The maximum Gasteiger partial charge on any atom is 0.481 e. The van der Waals surface area contributed by atoms with Crippen LogP contribution in [0.3, 0.4) is 0 Å². The second-order valence-corrected chi connectivity index (χ2v) is 33.8. The van der Waals surface area contributed by atoms with Crippen molar-refractivity contribution in [2.24, 2.45) is 10.8 Å². The van der Waals surface area contributed by atoms with Gasteiger partial charge in [0, 0.05) is 67.8 Å². The van der Waals surface area contributed by atoms with Crippen molar-refractivity contribution < 1.29 is 171 Å². The average molecular weight is 1660 g/mol. The van der Waals surface area contributed by atoms with Gasteiger partial charge in [-0.2, -0.15) is 8.62 Å². The quantitative estimate of drug-likeness (QED) is 0.0118. The maximum atomic E-state index is 12.6. The molecule has 0 saturated carbocycles. The lowest BCUT2D eigenvalue weighted by Gasteiger charge is -2.30. The Bertz CT molecular complexity index is 4000.